The molecule has 2 aromatic carbocycles. The van der Waals surface area contributed by atoms with E-state index in [0.717, 1.165) is 42.1 Å². The Labute approximate surface area is 347 Å². The lowest BCUT2D eigenvalue weighted by atomic mass is 9.73. The van der Waals surface area contributed by atoms with E-state index in [9.17, 15) is 19.1 Å². The highest BCUT2D eigenvalue weighted by atomic mass is 35.5. The highest BCUT2D eigenvalue weighted by molar-refractivity contribution is 6.32. The summed E-state index contributed by atoms with van der Waals surface area (Å²) in [6.07, 6.45) is 5.70. The van der Waals surface area contributed by atoms with Crippen molar-refractivity contribution in [3.63, 3.8) is 0 Å². The summed E-state index contributed by atoms with van der Waals surface area (Å²) >= 11 is 6.39. The number of anilines is 1. The molecule has 0 spiro atoms. The van der Waals surface area contributed by atoms with Crippen LogP contribution in [0.25, 0.3) is 10.9 Å². The minimum absolute atomic E-state index is 0.0229. The van der Waals surface area contributed by atoms with Gasteiger partial charge in [0.05, 0.1) is 75.5 Å². The lowest BCUT2D eigenvalue weighted by Crippen LogP contribution is -2.53. The number of hydrogen-bond acceptors (Lipinski definition) is 10. The van der Waals surface area contributed by atoms with Gasteiger partial charge in [0.15, 0.2) is 0 Å². The van der Waals surface area contributed by atoms with Gasteiger partial charge >= 0.3 is 0 Å². The third kappa shape index (κ3) is 13.8. The predicted molar refractivity (Wildman–Crippen MR) is 223 cm³/mol. The van der Waals surface area contributed by atoms with Gasteiger partial charge in [0, 0.05) is 48.9 Å². The van der Waals surface area contributed by atoms with Gasteiger partial charge in [0.1, 0.15) is 18.2 Å². The third-order valence-electron chi connectivity index (χ3n) is 11.1. The summed E-state index contributed by atoms with van der Waals surface area (Å²) < 4.78 is 42.3. The molecule has 1 aliphatic heterocycles. The second-order valence-corrected chi connectivity index (χ2v) is 16.8. The third-order valence-corrected chi connectivity index (χ3v) is 11.4. The van der Waals surface area contributed by atoms with Crippen molar-refractivity contribution in [2.75, 3.05) is 84.4 Å². The van der Waals surface area contributed by atoms with Gasteiger partial charge in [-0.2, -0.15) is 0 Å². The molecule has 3 N–H and O–H groups in total. The SMILES string of the molecule is C[C@@H](C(=O)Nc1ccc(Cl)c(OCCOCCOCCOCCOCCN[C@H](C(=O)N2CC[C@@H](O)C2)C(C)(C)C)c1)[C@H]1CC[C@@H](c2ccnc3ccc(F)cc32)CC1. The van der Waals surface area contributed by atoms with Crippen molar-refractivity contribution in [1.29, 1.82) is 0 Å². The first kappa shape index (κ1) is 45.7. The lowest BCUT2D eigenvalue weighted by Gasteiger charge is -2.33. The molecule has 1 aliphatic carbocycles. The first-order valence-electron chi connectivity index (χ1n) is 20.7. The van der Waals surface area contributed by atoms with Crippen molar-refractivity contribution in [1.82, 2.24) is 15.2 Å². The molecule has 12 nitrogen and oxygen atoms in total. The van der Waals surface area contributed by atoms with Crippen molar-refractivity contribution in [2.45, 2.75) is 77.9 Å². The Morgan fingerprint density at radius 3 is 2.19 bits per heavy atom. The highest BCUT2D eigenvalue weighted by Gasteiger charge is 2.36. The predicted octanol–water partition coefficient (Wildman–Crippen LogP) is 6.62. The van der Waals surface area contributed by atoms with Crippen LogP contribution in [-0.4, -0.2) is 118 Å². The van der Waals surface area contributed by atoms with Crippen molar-refractivity contribution >= 4 is 40.0 Å². The molecule has 320 valence electrons. The number of carbonyl (C=O) groups is 2. The molecule has 2 aliphatic rings. The molecule has 1 aromatic heterocycles. The van der Waals surface area contributed by atoms with Crippen LogP contribution >= 0.6 is 11.6 Å². The molecule has 3 aromatic rings. The number of halogens is 2. The largest absolute Gasteiger partial charge is 0.490 e. The summed E-state index contributed by atoms with van der Waals surface area (Å²) in [5.74, 6) is 0.583. The van der Waals surface area contributed by atoms with Crippen molar-refractivity contribution < 1.29 is 42.8 Å². The average Bonchev–Trinajstić information content (AvgIpc) is 3.65. The zero-order valence-electron chi connectivity index (χ0n) is 34.5. The highest BCUT2D eigenvalue weighted by Crippen LogP contribution is 2.41. The van der Waals surface area contributed by atoms with Crippen LogP contribution in [0.15, 0.2) is 48.7 Å². The number of amides is 2. The molecule has 58 heavy (non-hydrogen) atoms. The number of β-amino-alcohol motifs (C(OH)–C–C–N with tert-alkyl or cyclic N) is 1. The summed E-state index contributed by atoms with van der Waals surface area (Å²) in [7, 11) is 0. The van der Waals surface area contributed by atoms with E-state index in [1.807, 2.05) is 33.8 Å². The Kier molecular flexibility index (Phi) is 18.0. The van der Waals surface area contributed by atoms with Crippen LogP contribution in [0.1, 0.15) is 71.3 Å². The van der Waals surface area contributed by atoms with Crippen molar-refractivity contribution in [3.8, 4) is 5.75 Å². The number of nitrogens with one attached hydrogen (secondary N) is 2. The number of pyridine rings is 1. The number of aliphatic hydroxyl groups is 1. The van der Waals surface area contributed by atoms with Crippen molar-refractivity contribution in [2.24, 2.45) is 17.3 Å². The maximum atomic E-state index is 14.0. The number of nitrogens with zero attached hydrogens (tertiary/aromatic N) is 2. The molecule has 1 saturated heterocycles. The maximum absolute atomic E-state index is 14.0. The fourth-order valence-electron chi connectivity index (χ4n) is 7.72. The number of fused-ring (bicyclic) bond motifs is 1. The molecule has 3 atom stereocenters. The van der Waals surface area contributed by atoms with Gasteiger partial charge in [-0.15, -0.1) is 0 Å². The van der Waals surface area contributed by atoms with E-state index < -0.39 is 6.10 Å². The van der Waals surface area contributed by atoms with Crippen LogP contribution in [0.2, 0.25) is 5.02 Å². The van der Waals surface area contributed by atoms with E-state index in [4.69, 9.17) is 35.3 Å². The topological polar surface area (TPSA) is 141 Å². The maximum Gasteiger partial charge on any atom is 0.240 e. The molecule has 1 saturated carbocycles. The zero-order valence-corrected chi connectivity index (χ0v) is 35.2. The fraction of sp³-hybridized carbons (Fsp3) is 0.614. The Morgan fingerprint density at radius 1 is 0.897 bits per heavy atom. The first-order chi connectivity index (χ1) is 27.9. The Bertz CT molecular complexity index is 1750. The Balaban J connectivity index is 0.876. The molecule has 0 radical (unpaired) electrons. The molecule has 5 rings (SSSR count). The van der Waals surface area contributed by atoms with E-state index in [-0.39, 0.29) is 47.5 Å². The van der Waals surface area contributed by atoms with Gasteiger partial charge in [0.25, 0.3) is 0 Å². The molecule has 2 amide bonds. The molecule has 2 fully saturated rings. The van der Waals surface area contributed by atoms with E-state index in [2.05, 4.69) is 15.6 Å². The smallest absolute Gasteiger partial charge is 0.240 e. The summed E-state index contributed by atoms with van der Waals surface area (Å²) in [5.41, 5.74) is 2.30. The van der Waals surface area contributed by atoms with Crippen LogP contribution in [0.4, 0.5) is 10.1 Å². The van der Waals surface area contributed by atoms with Crippen LogP contribution in [0.3, 0.4) is 0 Å². The van der Waals surface area contributed by atoms with E-state index in [1.54, 1.807) is 41.4 Å². The zero-order chi connectivity index (χ0) is 41.5. The minimum atomic E-state index is -0.436. The van der Waals surface area contributed by atoms with Gasteiger partial charge in [0.2, 0.25) is 11.8 Å². The van der Waals surface area contributed by atoms with Gasteiger partial charge < -0.3 is 44.3 Å². The van der Waals surface area contributed by atoms with Gasteiger partial charge in [-0.1, -0.05) is 39.3 Å². The number of ether oxygens (including phenoxy) is 5. The van der Waals surface area contributed by atoms with E-state index in [0.29, 0.717) is 101 Å². The summed E-state index contributed by atoms with van der Waals surface area (Å²) in [6.45, 7) is 13.2. The quantitative estimate of drug-likeness (QED) is 0.0948. The van der Waals surface area contributed by atoms with Gasteiger partial charge in [-0.3, -0.25) is 14.6 Å². The number of carbonyl (C=O) groups excluding carboxylic acids is 2. The normalized spacial score (nSPS) is 19.6. The molecular weight excluding hydrogens is 767 g/mol. The summed E-state index contributed by atoms with van der Waals surface area (Å²) in [4.78, 5) is 32.4. The van der Waals surface area contributed by atoms with E-state index in [1.165, 1.54) is 6.07 Å². The lowest BCUT2D eigenvalue weighted by molar-refractivity contribution is -0.135. The molecule has 0 unspecified atom stereocenters. The monoisotopic (exact) mass is 828 g/mol. The summed E-state index contributed by atoms with van der Waals surface area (Å²) in [5, 5.41) is 17.5. The number of hydrogen-bond donors (Lipinski definition) is 3. The molecule has 0 bridgehead atoms. The number of rotatable bonds is 22. The molecule has 14 heteroatoms. The number of benzene rings is 2. The van der Waals surface area contributed by atoms with Crippen LogP contribution < -0.4 is 15.4 Å². The van der Waals surface area contributed by atoms with E-state index >= 15 is 0 Å². The average molecular weight is 829 g/mol. The standard InChI is InChI=1S/C44H62ClFN4O8/c1-30(31-5-7-32(8-6-31)36-13-15-47-39-12-9-33(46)27-37(36)39)42(52)49-34-10-11-38(45)40(28-34)58-26-25-57-24-23-56-22-21-55-20-19-54-18-16-48-41(44(2,3)4)43(53)50-17-14-35(51)29-50/h9-13,15,27-28,30-32,35,41,48,51H,5-8,14,16-26,29H2,1-4H3,(H,49,52)/t30-,31-,32+,35-,41-/m1/s1. The van der Waals surface area contributed by atoms with Crippen LogP contribution in [0.5, 0.6) is 5.75 Å². The first-order valence-corrected chi connectivity index (χ1v) is 21.1. The van der Waals surface area contributed by atoms with Crippen LogP contribution in [-0.2, 0) is 28.5 Å². The molecule has 2 heterocycles. The number of aliphatic hydroxyl groups excluding tert-OH is 1. The van der Waals surface area contributed by atoms with Gasteiger partial charge in [-0.05, 0) is 91.3 Å². The Hall–Kier alpha value is -3.43. The fourth-order valence-corrected chi connectivity index (χ4v) is 7.90. The van der Waals surface area contributed by atoms with Crippen LogP contribution in [0, 0.1) is 23.1 Å². The number of likely N-dealkylation sites (tertiary alicyclic amines) is 1. The minimum Gasteiger partial charge on any atom is -0.490 e. The number of aromatic nitrogens is 1. The molecular formula is C44H62ClFN4O8. The summed E-state index contributed by atoms with van der Waals surface area (Å²) in [6, 6.07) is 11.6. The van der Waals surface area contributed by atoms with Crippen molar-refractivity contribution in [3.05, 3.63) is 65.1 Å². The second kappa shape index (κ2) is 22.8. The second-order valence-electron chi connectivity index (χ2n) is 16.4. The Morgan fingerprint density at radius 2 is 1.55 bits per heavy atom. The van der Waals surface area contributed by atoms with Gasteiger partial charge in [-0.25, -0.2) is 4.39 Å².